The molecule has 2 atom stereocenters. The molecule has 2 heterocycles. The van der Waals surface area contributed by atoms with Gasteiger partial charge < -0.3 is 9.64 Å². The Kier molecular flexibility index (Phi) is 4.10. The maximum absolute atomic E-state index is 12.5. The fourth-order valence-corrected chi connectivity index (χ4v) is 2.43. The van der Waals surface area contributed by atoms with Gasteiger partial charge in [-0.25, -0.2) is 4.98 Å². The van der Waals surface area contributed by atoms with E-state index in [1.807, 2.05) is 13.8 Å². The topological polar surface area (TPSA) is 42.4 Å². The largest absolute Gasteiger partial charge is 0.377 e. The van der Waals surface area contributed by atoms with Gasteiger partial charge in [0.2, 0.25) is 0 Å². The Hall–Kier alpha value is -0.840. The molecule has 1 aliphatic rings. The van der Waals surface area contributed by atoms with Gasteiger partial charge in [0.15, 0.2) is 0 Å². The van der Waals surface area contributed by atoms with E-state index in [-0.39, 0.29) is 28.8 Å². The van der Waals surface area contributed by atoms with Crippen LogP contribution in [0.1, 0.15) is 24.3 Å². The van der Waals surface area contributed by atoms with Gasteiger partial charge in [-0.2, -0.15) is 0 Å². The highest BCUT2D eigenvalue weighted by Crippen LogP contribution is 2.22. The SMILES string of the molecule is C[C@@H]1COC[C@@H](C)N1C(=O)c1nc(Cl)ccc1Cl. The smallest absolute Gasteiger partial charge is 0.274 e. The van der Waals surface area contributed by atoms with Crippen LogP contribution in [0, 0.1) is 0 Å². The number of morpholine rings is 1. The second-order valence-electron chi connectivity index (χ2n) is 4.41. The number of halogens is 2. The summed E-state index contributed by atoms with van der Waals surface area (Å²) in [7, 11) is 0. The first-order valence-electron chi connectivity index (χ1n) is 5.73. The van der Waals surface area contributed by atoms with Crippen molar-refractivity contribution in [2.24, 2.45) is 0 Å². The summed E-state index contributed by atoms with van der Waals surface area (Å²) in [6, 6.07) is 3.14. The molecule has 4 nitrogen and oxygen atoms in total. The van der Waals surface area contributed by atoms with Gasteiger partial charge in [-0.15, -0.1) is 0 Å². The molecule has 6 heteroatoms. The van der Waals surface area contributed by atoms with Gasteiger partial charge in [0.1, 0.15) is 10.8 Å². The number of carbonyl (C=O) groups is 1. The van der Waals surface area contributed by atoms with Crippen LogP contribution in [-0.4, -0.2) is 41.1 Å². The first kappa shape index (κ1) is 13.6. The van der Waals surface area contributed by atoms with E-state index in [0.717, 1.165) is 0 Å². The number of amides is 1. The van der Waals surface area contributed by atoms with E-state index in [9.17, 15) is 4.79 Å². The van der Waals surface area contributed by atoms with Crippen LogP contribution in [-0.2, 0) is 4.74 Å². The number of pyridine rings is 1. The average Bonchev–Trinajstić information content (AvgIpc) is 2.32. The van der Waals surface area contributed by atoms with Crippen LogP contribution in [0.4, 0.5) is 0 Å². The second kappa shape index (κ2) is 5.43. The van der Waals surface area contributed by atoms with Crippen LogP contribution in [0.15, 0.2) is 12.1 Å². The molecule has 0 aliphatic carbocycles. The minimum atomic E-state index is -0.203. The maximum atomic E-state index is 12.5. The highest BCUT2D eigenvalue weighted by Gasteiger charge is 2.32. The van der Waals surface area contributed by atoms with Crippen molar-refractivity contribution in [3.8, 4) is 0 Å². The predicted molar refractivity (Wildman–Crippen MR) is 70.2 cm³/mol. The van der Waals surface area contributed by atoms with E-state index in [2.05, 4.69) is 4.98 Å². The van der Waals surface area contributed by atoms with E-state index in [1.54, 1.807) is 17.0 Å². The van der Waals surface area contributed by atoms with Crippen LogP contribution in [0.2, 0.25) is 10.2 Å². The lowest BCUT2D eigenvalue weighted by Gasteiger charge is -2.38. The molecule has 2 rings (SSSR count). The van der Waals surface area contributed by atoms with Gasteiger partial charge in [0.05, 0.1) is 30.3 Å². The summed E-state index contributed by atoms with van der Waals surface area (Å²) in [5.74, 6) is -0.203. The number of hydrogen-bond donors (Lipinski definition) is 0. The lowest BCUT2D eigenvalue weighted by atomic mass is 10.1. The zero-order valence-corrected chi connectivity index (χ0v) is 11.7. The third-order valence-electron chi connectivity index (χ3n) is 2.92. The van der Waals surface area contributed by atoms with E-state index in [1.165, 1.54) is 0 Å². The van der Waals surface area contributed by atoms with Crippen molar-refractivity contribution in [3.05, 3.63) is 28.0 Å². The Bertz CT molecular complexity index is 457. The zero-order valence-electron chi connectivity index (χ0n) is 10.2. The van der Waals surface area contributed by atoms with Gasteiger partial charge in [0, 0.05) is 0 Å². The highest BCUT2D eigenvalue weighted by molar-refractivity contribution is 6.34. The van der Waals surface area contributed by atoms with Gasteiger partial charge in [0.25, 0.3) is 5.91 Å². The molecule has 1 saturated heterocycles. The standard InChI is InChI=1S/C12H14Cl2N2O2/c1-7-5-18-6-8(2)16(7)12(17)11-9(13)3-4-10(14)15-11/h3-4,7-8H,5-6H2,1-2H3/t7-,8-/m1/s1. The molecule has 1 aliphatic heterocycles. The van der Waals surface area contributed by atoms with Gasteiger partial charge >= 0.3 is 0 Å². The fourth-order valence-electron chi connectivity index (χ4n) is 2.10. The van der Waals surface area contributed by atoms with Gasteiger partial charge in [-0.1, -0.05) is 23.2 Å². The molecule has 98 valence electrons. The first-order valence-corrected chi connectivity index (χ1v) is 6.48. The van der Waals surface area contributed by atoms with Crippen molar-refractivity contribution < 1.29 is 9.53 Å². The van der Waals surface area contributed by atoms with Crippen LogP contribution in [0.3, 0.4) is 0 Å². The summed E-state index contributed by atoms with van der Waals surface area (Å²) in [5, 5.41) is 0.576. The fraction of sp³-hybridized carbons (Fsp3) is 0.500. The van der Waals surface area contributed by atoms with Crippen LogP contribution in [0.5, 0.6) is 0 Å². The van der Waals surface area contributed by atoms with Gasteiger partial charge in [-0.05, 0) is 26.0 Å². The lowest BCUT2D eigenvalue weighted by molar-refractivity contribution is -0.0252. The van der Waals surface area contributed by atoms with Crippen molar-refractivity contribution in [2.45, 2.75) is 25.9 Å². The monoisotopic (exact) mass is 288 g/mol. The Morgan fingerprint density at radius 2 is 1.94 bits per heavy atom. The van der Waals surface area contributed by atoms with Crippen molar-refractivity contribution in [2.75, 3.05) is 13.2 Å². The summed E-state index contributed by atoms with van der Waals surface area (Å²) >= 11 is 11.8. The normalized spacial score (nSPS) is 24.1. The van der Waals surface area contributed by atoms with E-state index in [0.29, 0.717) is 18.2 Å². The Labute approximate surface area is 116 Å². The van der Waals surface area contributed by atoms with E-state index < -0.39 is 0 Å². The van der Waals surface area contributed by atoms with E-state index >= 15 is 0 Å². The number of hydrogen-bond acceptors (Lipinski definition) is 3. The summed E-state index contributed by atoms with van der Waals surface area (Å²) in [6.07, 6.45) is 0. The summed E-state index contributed by atoms with van der Waals surface area (Å²) in [6.45, 7) is 4.92. The van der Waals surface area contributed by atoms with Crippen LogP contribution in [0.25, 0.3) is 0 Å². The highest BCUT2D eigenvalue weighted by atomic mass is 35.5. The second-order valence-corrected chi connectivity index (χ2v) is 5.21. The van der Waals surface area contributed by atoms with Crippen LogP contribution < -0.4 is 0 Å². The molecule has 0 spiro atoms. The van der Waals surface area contributed by atoms with Crippen molar-refractivity contribution in [3.63, 3.8) is 0 Å². The number of ether oxygens (including phenoxy) is 1. The molecule has 0 unspecified atom stereocenters. The molecule has 0 aromatic carbocycles. The average molecular weight is 289 g/mol. The number of nitrogens with zero attached hydrogens (tertiary/aromatic N) is 2. The molecule has 0 N–H and O–H groups in total. The number of rotatable bonds is 1. The predicted octanol–water partition coefficient (Wildman–Crippen LogP) is 2.64. The molecule has 0 radical (unpaired) electrons. The Morgan fingerprint density at radius 3 is 2.56 bits per heavy atom. The summed E-state index contributed by atoms with van der Waals surface area (Å²) < 4.78 is 5.39. The van der Waals surface area contributed by atoms with Crippen LogP contribution >= 0.6 is 23.2 Å². The summed E-state index contributed by atoms with van der Waals surface area (Å²) in [5.41, 5.74) is 0.199. The number of aromatic nitrogens is 1. The van der Waals surface area contributed by atoms with Gasteiger partial charge in [-0.3, -0.25) is 4.79 Å². The maximum Gasteiger partial charge on any atom is 0.274 e. The minimum Gasteiger partial charge on any atom is -0.377 e. The lowest BCUT2D eigenvalue weighted by Crippen LogP contribution is -2.52. The molecular weight excluding hydrogens is 275 g/mol. The summed E-state index contributed by atoms with van der Waals surface area (Å²) in [4.78, 5) is 18.2. The third-order valence-corrected chi connectivity index (χ3v) is 3.43. The first-order chi connectivity index (χ1) is 8.50. The van der Waals surface area contributed by atoms with E-state index in [4.69, 9.17) is 27.9 Å². The number of carbonyl (C=O) groups excluding carboxylic acids is 1. The molecule has 1 fully saturated rings. The minimum absolute atomic E-state index is 0.00176. The molecule has 1 aromatic heterocycles. The Morgan fingerprint density at radius 1 is 1.33 bits per heavy atom. The zero-order chi connectivity index (χ0) is 13.3. The molecule has 1 amide bonds. The quantitative estimate of drug-likeness (QED) is 0.746. The molecule has 0 bridgehead atoms. The molecule has 18 heavy (non-hydrogen) atoms. The van der Waals surface area contributed by atoms with Crippen molar-refractivity contribution in [1.82, 2.24) is 9.88 Å². The Balaban J connectivity index is 2.32. The third kappa shape index (κ3) is 2.60. The van der Waals surface area contributed by atoms with Crippen molar-refractivity contribution >= 4 is 29.1 Å². The van der Waals surface area contributed by atoms with Crippen molar-refractivity contribution in [1.29, 1.82) is 0 Å². The molecular formula is C12H14Cl2N2O2. The molecule has 1 aromatic rings. The molecule has 0 saturated carbocycles.